The predicted molar refractivity (Wildman–Crippen MR) is 76.1 cm³/mol. The lowest BCUT2D eigenvalue weighted by molar-refractivity contribution is 0.499. The largest absolute Gasteiger partial charge is 0.309 e. The van der Waals surface area contributed by atoms with Crippen LogP contribution in [0.2, 0.25) is 0 Å². The van der Waals surface area contributed by atoms with Gasteiger partial charge in [-0.2, -0.15) is 0 Å². The van der Waals surface area contributed by atoms with Crippen LogP contribution in [0, 0.1) is 24.4 Å². The van der Waals surface area contributed by atoms with Crippen molar-refractivity contribution >= 4 is 15.9 Å². The van der Waals surface area contributed by atoms with E-state index in [2.05, 4.69) is 21.2 Å². The molecule has 0 saturated heterocycles. The zero-order chi connectivity index (χ0) is 14.9. The number of hydrogen-bond donors (Lipinski definition) is 1. The molecule has 0 heterocycles. The molecule has 0 aromatic heterocycles. The Kier molecular flexibility index (Phi) is 4.50. The van der Waals surface area contributed by atoms with Gasteiger partial charge in [-0.15, -0.1) is 0 Å². The number of benzene rings is 2. The molecule has 2 rings (SSSR count). The maximum absolute atomic E-state index is 13.9. The third-order valence-corrected chi connectivity index (χ3v) is 3.67. The van der Waals surface area contributed by atoms with Crippen LogP contribution in [0.4, 0.5) is 13.2 Å². The first-order valence-corrected chi connectivity index (χ1v) is 6.81. The van der Waals surface area contributed by atoms with Gasteiger partial charge in [0.15, 0.2) is 0 Å². The van der Waals surface area contributed by atoms with Gasteiger partial charge < -0.3 is 5.32 Å². The Balaban J connectivity index is 2.61. The van der Waals surface area contributed by atoms with Crippen molar-refractivity contribution in [3.63, 3.8) is 0 Å². The normalized spacial score (nSPS) is 12.5. The summed E-state index contributed by atoms with van der Waals surface area (Å²) in [7, 11) is 1.60. The maximum Gasteiger partial charge on any atom is 0.134 e. The number of aryl methyl sites for hydroxylation is 1. The molecule has 1 unspecified atom stereocenters. The second kappa shape index (κ2) is 5.97. The van der Waals surface area contributed by atoms with Crippen molar-refractivity contribution < 1.29 is 13.2 Å². The molecule has 20 heavy (non-hydrogen) atoms. The minimum absolute atomic E-state index is 0.185. The number of hydrogen-bond acceptors (Lipinski definition) is 1. The summed E-state index contributed by atoms with van der Waals surface area (Å²) in [5.74, 6) is -2.73. The second-order valence-corrected chi connectivity index (χ2v) is 5.42. The number of nitrogens with one attached hydrogen (secondary N) is 1. The van der Waals surface area contributed by atoms with Crippen LogP contribution in [-0.4, -0.2) is 7.05 Å². The first-order chi connectivity index (χ1) is 9.43. The third kappa shape index (κ3) is 2.88. The zero-order valence-electron chi connectivity index (χ0n) is 11.0. The van der Waals surface area contributed by atoms with Crippen LogP contribution in [0.5, 0.6) is 0 Å². The standard InChI is InChI=1S/C15H13BrF3N/c1-8-3-4-9(16)5-11(8)15(20-2)14-12(18)6-10(17)7-13(14)19/h3-7,15,20H,1-2H3. The molecule has 1 nitrogen and oxygen atoms in total. The summed E-state index contributed by atoms with van der Waals surface area (Å²) in [6.07, 6.45) is 0. The molecule has 106 valence electrons. The van der Waals surface area contributed by atoms with E-state index >= 15 is 0 Å². The van der Waals surface area contributed by atoms with E-state index in [-0.39, 0.29) is 5.56 Å². The topological polar surface area (TPSA) is 12.0 Å². The molecular weight excluding hydrogens is 331 g/mol. The van der Waals surface area contributed by atoms with E-state index in [1.54, 1.807) is 13.1 Å². The summed E-state index contributed by atoms with van der Waals surface area (Å²) in [5, 5.41) is 2.88. The molecule has 0 bridgehead atoms. The molecule has 0 radical (unpaired) electrons. The van der Waals surface area contributed by atoms with Crippen LogP contribution in [0.25, 0.3) is 0 Å². The quantitative estimate of drug-likeness (QED) is 0.866. The lowest BCUT2D eigenvalue weighted by Gasteiger charge is -2.21. The fraction of sp³-hybridized carbons (Fsp3) is 0.200. The average molecular weight is 344 g/mol. The molecule has 5 heteroatoms. The van der Waals surface area contributed by atoms with E-state index in [9.17, 15) is 13.2 Å². The van der Waals surface area contributed by atoms with Crippen molar-refractivity contribution in [3.8, 4) is 0 Å². The van der Waals surface area contributed by atoms with Gasteiger partial charge in [0.25, 0.3) is 0 Å². The van der Waals surface area contributed by atoms with Crippen molar-refractivity contribution in [2.75, 3.05) is 7.05 Å². The summed E-state index contributed by atoms with van der Waals surface area (Å²) in [6.45, 7) is 1.85. The van der Waals surface area contributed by atoms with Gasteiger partial charge in [-0.25, -0.2) is 13.2 Å². The minimum Gasteiger partial charge on any atom is -0.309 e. The second-order valence-electron chi connectivity index (χ2n) is 4.51. The van der Waals surface area contributed by atoms with Crippen LogP contribution in [0.15, 0.2) is 34.8 Å². The van der Waals surface area contributed by atoms with Gasteiger partial charge >= 0.3 is 0 Å². The van der Waals surface area contributed by atoms with Gasteiger partial charge in [0.05, 0.1) is 6.04 Å². The Morgan fingerprint density at radius 3 is 2.20 bits per heavy atom. The highest BCUT2D eigenvalue weighted by atomic mass is 79.9. The van der Waals surface area contributed by atoms with Crippen molar-refractivity contribution in [2.45, 2.75) is 13.0 Å². The maximum atomic E-state index is 13.9. The van der Waals surface area contributed by atoms with Gasteiger partial charge in [-0.05, 0) is 37.2 Å². The molecule has 2 aromatic rings. The average Bonchev–Trinajstić information content (AvgIpc) is 2.37. The monoisotopic (exact) mass is 343 g/mol. The molecule has 0 aliphatic heterocycles. The van der Waals surface area contributed by atoms with E-state index in [4.69, 9.17) is 0 Å². The fourth-order valence-corrected chi connectivity index (χ4v) is 2.59. The van der Waals surface area contributed by atoms with Crippen LogP contribution < -0.4 is 5.32 Å². The van der Waals surface area contributed by atoms with Crippen LogP contribution in [-0.2, 0) is 0 Å². The molecule has 0 fully saturated rings. The minimum atomic E-state index is -0.926. The van der Waals surface area contributed by atoms with E-state index in [1.807, 2.05) is 19.1 Å². The van der Waals surface area contributed by atoms with E-state index in [0.29, 0.717) is 12.1 Å². The summed E-state index contributed by atoms with van der Waals surface area (Å²) in [6, 6.07) is 6.18. The molecular formula is C15H13BrF3N. The predicted octanol–water partition coefficient (Wildman–Crippen LogP) is 4.48. The molecule has 2 aromatic carbocycles. The lowest BCUT2D eigenvalue weighted by Crippen LogP contribution is -2.21. The zero-order valence-corrected chi connectivity index (χ0v) is 12.6. The number of halogens is 4. The summed E-state index contributed by atoms with van der Waals surface area (Å²) < 4.78 is 41.7. The summed E-state index contributed by atoms with van der Waals surface area (Å²) in [4.78, 5) is 0. The van der Waals surface area contributed by atoms with Crippen molar-refractivity contribution in [2.24, 2.45) is 0 Å². The lowest BCUT2D eigenvalue weighted by atomic mass is 9.94. The first kappa shape index (κ1) is 15.1. The van der Waals surface area contributed by atoms with Gasteiger partial charge in [-0.3, -0.25) is 0 Å². The van der Waals surface area contributed by atoms with E-state index in [1.165, 1.54) is 0 Å². The molecule has 0 aliphatic rings. The Morgan fingerprint density at radius 1 is 1.05 bits per heavy atom. The van der Waals surface area contributed by atoms with Crippen molar-refractivity contribution in [3.05, 3.63) is 68.9 Å². The smallest absolute Gasteiger partial charge is 0.134 e. The third-order valence-electron chi connectivity index (χ3n) is 3.17. The Labute approximate surface area is 123 Å². The van der Waals surface area contributed by atoms with Crippen LogP contribution >= 0.6 is 15.9 Å². The number of rotatable bonds is 3. The highest BCUT2D eigenvalue weighted by Crippen LogP contribution is 2.31. The van der Waals surface area contributed by atoms with Gasteiger partial charge in [-0.1, -0.05) is 22.0 Å². The fourth-order valence-electron chi connectivity index (χ4n) is 2.21. The Bertz CT molecular complexity index is 620. The highest BCUT2D eigenvalue weighted by molar-refractivity contribution is 9.10. The van der Waals surface area contributed by atoms with Crippen molar-refractivity contribution in [1.29, 1.82) is 0 Å². The molecule has 0 saturated carbocycles. The van der Waals surface area contributed by atoms with Crippen LogP contribution in [0.1, 0.15) is 22.7 Å². The summed E-state index contributed by atoms with van der Waals surface area (Å²) >= 11 is 3.34. The molecule has 0 amide bonds. The van der Waals surface area contributed by atoms with Gasteiger partial charge in [0.2, 0.25) is 0 Å². The molecule has 0 spiro atoms. The molecule has 1 N–H and O–H groups in total. The molecule has 1 atom stereocenters. The summed E-state index contributed by atoms with van der Waals surface area (Å²) in [5.41, 5.74) is 1.43. The Hall–Kier alpha value is -1.33. The van der Waals surface area contributed by atoms with E-state index in [0.717, 1.165) is 15.6 Å². The van der Waals surface area contributed by atoms with Crippen LogP contribution in [0.3, 0.4) is 0 Å². The first-order valence-electron chi connectivity index (χ1n) is 6.01. The van der Waals surface area contributed by atoms with Gasteiger partial charge in [0.1, 0.15) is 17.5 Å². The van der Waals surface area contributed by atoms with E-state index < -0.39 is 23.5 Å². The Morgan fingerprint density at radius 2 is 1.65 bits per heavy atom. The molecule has 0 aliphatic carbocycles. The van der Waals surface area contributed by atoms with Crippen molar-refractivity contribution in [1.82, 2.24) is 5.32 Å². The van der Waals surface area contributed by atoms with Gasteiger partial charge in [0, 0.05) is 22.2 Å². The SMILES string of the molecule is CNC(c1cc(Br)ccc1C)c1c(F)cc(F)cc1F. The highest BCUT2D eigenvalue weighted by Gasteiger charge is 2.23.